The molecule has 1 aromatic carbocycles. The Bertz CT molecular complexity index is 601. The molecule has 0 aliphatic heterocycles. The largest absolute Gasteiger partial charge is 0.350 e. The summed E-state index contributed by atoms with van der Waals surface area (Å²) in [5, 5.41) is 13.5. The zero-order valence-corrected chi connectivity index (χ0v) is 11.0. The van der Waals surface area contributed by atoms with E-state index in [1.54, 1.807) is 18.2 Å². The molecule has 0 aliphatic carbocycles. The van der Waals surface area contributed by atoms with Crippen molar-refractivity contribution in [3.05, 3.63) is 57.8 Å². The first-order chi connectivity index (χ1) is 9.20. The predicted octanol–water partition coefficient (Wildman–Crippen LogP) is 1.94. The van der Waals surface area contributed by atoms with E-state index in [4.69, 9.17) is 11.0 Å². The standard InChI is InChI=1S/C14H13N3OS/c15-8-10-3-1-4-11(7-10)9-17-14(18)13(16)12-5-2-6-19-12/h1-7,13H,9,16H2,(H,17,18). The third-order valence-corrected chi connectivity index (χ3v) is 3.61. The summed E-state index contributed by atoms with van der Waals surface area (Å²) in [5.41, 5.74) is 7.31. The van der Waals surface area contributed by atoms with E-state index in [1.807, 2.05) is 23.6 Å². The van der Waals surface area contributed by atoms with E-state index in [0.717, 1.165) is 10.4 Å². The molecule has 19 heavy (non-hydrogen) atoms. The molecule has 0 saturated heterocycles. The number of carbonyl (C=O) groups is 1. The molecule has 96 valence electrons. The third kappa shape index (κ3) is 3.41. The van der Waals surface area contributed by atoms with Gasteiger partial charge < -0.3 is 11.1 Å². The molecule has 2 aromatic rings. The van der Waals surface area contributed by atoms with Crippen LogP contribution in [0.5, 0.6) is 0 Å². The summed E-state index contributed by atoms with van der Waals surface area (Å²) in [7, 11) is 0. The molecule has 1 unspecified atom stereocenters. The molecule has 2 rings (SSSR count). The molecule has 0 bridgehead atoms. The van der Waals surface area contributed by atoms with Gasteiger partial charge in [-0.25, -0.2) is 0 Å². The summed E-state index contributed by atoms with van der Waals surface area (Å²) < 4.78 is 0. The molecule has 1 atom stereocenters. The van der Waals surface area contributed by atoms with Crippen molar-refractivity contribution in [1.82, 2.24) is 5.32 Å². The fraction of sp³-hybridized carbons (Fsp3) is 0.143. The van der Waals surface area contributed by atoms with Crippen LogP contribution in [-0.4, -0.2) is 5.91 Å². The lowest BCUT2D eigenvalue weighted by molar-refractivity contribution is -0.122. The molecular weight excluding hydrogens is 258 g/mol. The second kappa shape index (κ2) is 6.14. The highest BCUT2D eigenvalue weighted by molar-refractivity contribution is 7.10. The van der Waals surface area contributed by atoms with Gasteiger partial charge in [0, 0.05) is 11.4 Å². The Morgan fingerprint density at radius 3 is 2.95 bits per heavy atom. The van der Waals surface area contributed by atoms with Gasteiger partial charge in [-0.05, 0) is 29.1 Å². The molecule has 1 aromatic heterocycles. The number of thiophene rings is 1. The zero-order chi connectivity index (χ0) is 13.7. The van der Waals surface area contributed by atoms with Crippen molar-refractivity contribution in [2.75, 3.05) is 0 Å². The first-order valence-electron chi connectivity index (χ1n) is 5.76. The minimum absolute atomic E-state index is 0.218. The van der Waals surface area contributed by atoms with Gasteiger partial charge in [-0.1, -0.05) is 18.2 Å². The molecule has 0 saturated carbocycles. The number of nitrogens with zero attached hydrogens (tertiary/aromatic N) is 1. The normalized spacial score (nSPS) is 11.6. The van der Waals surface area contributed by atoms with E-state index in [0.29, 0.717) is 12.1 Å². The summed E-state index contributed by atoms with van der Waals surface area (Å²) in [5.74, 6) is -0.218. The van der Waals surface area contributed by atoms with E-state index < -0.39 is 6.04 Å². The Balaban J connectivity index is 1.95. The van der Waals surface area contributed by atoms with Gasteiger partial charge >= 0.3 is 0 Å². The highest BCUT2D eigenvalue weighted by atomic mass is 32.1. The topological polar surface area (TPSA) is 78.9 Å². The van der Waals surface area contributed by atoms with Crippen molar-refractivity contribution in [2.24, 2.45) is 5.73 Å². The van der Waals surface area contributed by atoms with Crippen LogP contribution >= 0.6 is 11.3 Å². The molecule has 5 heteroatoms. The number of hydrogen-bond acceptors (Lipinski definition) is 4. The summed E-state index contributed by atoms with van der Waals surface area (Å²) in [6, 6.07) is 12.2. The molecule has 0 radical (unpaired) electrons. The Hall–Kier alpha value is -2.16. The molecule has 0 fully saturated rings. The van der Waals surface area contributed by atoms with E-state index in [1.165, 1.54) is 11.3 Å². The number of nitrogens with one attached hydrogen (secondary N) is 1. The van der Waals surface area contributed by atoms with Crippen LogP contribution in [-0.2, 0) is 11.3 Å². The van der Waals surface area contributed by atoms with Gasteiger partial charge in [0.15, 0.2) is 0 Å². The summed E-state index contributed by atoms with van der Waals surface area (Å²) in [4.78, 5) is 12.7. The van der Waals surface area contributed by atoms with Crippen LogP contribution < -0.4 is 11.1 Å². The van der Waals surface area contributed by atoms with Gasteiger partial charge in [0.25, 0.3) is 0 Å². The number of nitrogens with two attached hydrogens (primary N) is 1. The second-order valence-corrected chi connectivity index (χ2v) is 5.00. The molecule has 1 amide bonds. The van der Waals surface area contributed by atoms with Gasteiger partial charge in [-0.2, -0.15) is 5.26 Å². The predicted molar refractivity (Wildman–Crippen MR) is 74.3 cm³/mol. The fourth-order valence-corrected chi connectivity index (χ4v) is 2.37. The molecule has 4 nitrogen and oxygen atoms in total. The van der Waals surface area contributed by atoms with Crippen molar-refractivity contribution in [3.8, 4) is 6.07 Å². The maximum absolute atomic E-state index is 11.9. The molecule has 0 aliphatic rings. The van der Waals surface area contributed by atoms with Gasteiger partial charge in [0.2, 0.25) is 5.91 Å². The van der Waals surface area contributed by atoms with Crippen molar-refractivity contribution in [2.45, 2.75) is 12.6 Å². The SMILES string of the molecule is N#Cc1cccc(CNC(=O)C(N)c2cccs2)c1. The van der Waals surface area contributed by atoms with Crippen molar-refractivity contribution in [3.63, 3.8) is 0 Å². The lowest BCUT2D eigenvalue weighted by atomic mass is 10.1. The lowest BCUT2D eigenvalue weighted by Gasteiger charge is -2.10. The summed E-state index contributed by atoms with van der Waals surface area (Å²) >= 11 is 1.46. The number of amides is 1. The van der Waals surface area contributed by atoms with E-state index >= 15 is 0 Å². The number of hydrogen-bond donors (Lipinski definition) is 2. The van der Waals surface area contributed by atoms with E-state index in [2.05, 4.69) is 11.4 Å². The van der Waals surface area contributed by atoms with Gasteiger partial charge in [0.05, 0.1) is 11.6 Å². The van der Waals surface area contributed by atoms with Gasteiger partial charge in [-0.3, -0.25) is 4.79 Å². The third-order valence-electron chi connectivity index (χ3n) is 2.66. The maximum Gasteiger partial charge on any atom is 0.242 e. The minimum atomic E-state index is -0.640. The van der Waals surface area contributed by atoms with Crippen LogP contribution in [0.25, 0.3) is 0 Å². The second-order valence-electron chi connectivity index (χ2n) is 4.02. The number of nitriles is 1. The zero-order valence-electron chi connectivity index (χ0n) is 10.2. The first-order valence-corrected chi connectivity index (χ1v) is 6.64. The Morgan fingerprint density at radius 2 is 2.26 bits per heavy atom. The van der Waals surface area contributed by atoms with Crippen molar-refractivity contribution >= 4 is 17.2 Å². The highest BCUT2D eigenvalue weighted by Crippen LogP contribution is 2.16. The Labute approximate surface area is 115 Å². The van der Waals surface area contributed by atoms with Gasteiger partial charge in [-0.15, -0.1) is 11.3 Å². The molecule has 0 spiro atoms. The van der Waals surface area contributed by atoms with Gasteiger partial charge in [0.1, 0.15) is 6.04 Å². The average molecular weight is 271 g/mol. The Morgan fingerprint density at radius 1 is 1.42 bits per heavy atom. The van der Waals surface area contributed by atoms with Crippen LogP contribution in [0.1, 0.15) is 22.0 Å². The van der Waals surface area contributed by atoms with E-state index in [9.17, 15) is 4.79 Å². The lowest BCUT2D eigenvalue weighted by Crippen LogP contribution is -2.33. The van der Waals surface area contributed by atoms with E-state index in [-0.39, 0.29) is 5.91 Å². The van der Waals surface area contributed by atoms with Crippen LogP contribution in [0.2, 0.25) is 0 Å². The maximum atomic E-state index is 11.9. The highest BCUT2D eigenvalue weighted by Gasteiger charge is 2.15. The number of rotatable bonds is 4. The van der Waals surface area contributed by atoms with Crippen LogP contribution in [0.3, 0.4) is 0 Å². The van der Waals surface area contributed by atoms with Crippen molar-refractivity contribution < 1.29 is 4.79 Å². The van der Waals surface area contributed by atoms with Crippen LogP contribution in [0, 0.1) is 11.3 Å². The molecule has 3 N–H and O–H groups in total. The van der Waals surface area contributed by atoms with Crippen molar-refractivity contribution in [1.29, 1.82) is 5.26 Å². The molecular formula is C14H13N3OS. The smallest absolute Gasteiger partial charge is 0.242 e. The average Bonchev–Trinajstić information content (AvgIpc) is 2.98. The number of carbonyl (C=O) groups excluding carboxylic acids is 1. The summed E-state index contributed by atoms with van der Waals surface area (Å²) in [6.45, 7) is 0.368. The monoisotopic (exact) mass is 271 g/mol. The quantitative estimate of drug-likeness (QED) is 0.891. The minimum Gasteiger partial charge on any atom is -0.350 e. The van der Waals surface area contributed by atoms with Crippen LogP contribution in [0.4, 0.5) is 0 Å². The Kier molecular flexibility index (Phi) is 4.29. The summed E-state index contributed by atoms with van der Waals surface area (Å²) in [6.07, 6.45) is 0. The number of benzene rings is 1. The molecule has 1 heterocycles. The fourth-order valence-electron chi connectivity index (χ4n) is 1.65. The first kappa shape index (κ1) is 13.3. The van der Waals surface area contributed by atoms with Crippen LogP contribution in [0.15, 0.2) is 41.8 Å².